The summed E-state index contributed by atoms with van der Waals surface area (Å²) in [5, 5.41) is 0. The van der Waals surface area contributed by atoms with Crippen LogP contribution in [-0.2, 0) is 4.79 Å². The van der Waals surface area contributed by atoms with Crippen molar-refractivity contribution in [3.63, 3.8) is 0 Å². The van der Waals surface area contributed by atoms with Gasteiger partial charge in [-0.15, -0.1) is 0 Å². The van der Waals surface area contributed by atoms with Gasteiger partial charge in [-0.25, -0.2) is 8.78 Å². The predicted octanol–water partition coefficient (Wildman–Crippen LogP) is 0.494. The van der Waals surface area contributed by atoms with Crippen LogP contribution in [0.4, 0.5) is 14.5 Å². The number of benzene rings is 1. The Morgan fingerprint density at radius 1 is 1.33 bits per heavy atom. The zero-order valence-electron chi connectivity index (χ0n) is 9.74. The lowest BCUT2D eigenvalue weighted by molar-refractivity contribution is -0.118. The van der Waals surface area contributed by atoms with E-state index < -0.39 is 35.6 Å². The fraction of sp³-hybridized carbons (Fsp3) is 0.273. The van der Waals surface area contributed by atoms with E-state index in [9.17, 15) is 18.4 Å². The summed E-state index contributed by atoms with van der Waals surface area (Å²) in [5.41, 5.74) is 9.09. The topological polar surface area (TPSA) is 89.4 Å². The van der Waals surface area contributed by atoms with Gasteiger partial charge in [0, 0.05) is 6.54 Å². The van der Waals surface area contributed by atoms with E-state index in [4.69, 9.17) is 11.5 Å². The lowest BCUT2D eigenvalue weighted by Crippen LogP contribution is -2.39. The maximum atomic E-state index is 13.6. The number of nitrogens with zero attached hydrogens (tertiary/aromatic N) is 1. The van der Waals surface area contributed by atoms with Crippen LogP contribution in [0.2, 0.25) is 0 Å². The summed E-state index contributed by atoms with van der Waals surface area (Å²) in [5.74, 6) is -3.90. The second-order valence-corrected chi connectivity index (χ2v) is 3.61. The molecule has 1 rings (SSSR count). The third-order valence-electron chi connectivity index (χ3n) is 2.35. The quantitative estimate of drug-likeness (QED) is 0.769. The molecule has 0 bridgehead atoms. The second-order valence-electron chi connectivity index (χ2n) is 3.61. The summed E-state index contributed by atoms with van der Waals surface area (Å²) in [6, 6.07) is 1.91. The number of hydrogen-bond donors (Lipinski definition) is 2. The number of primary amides is 1. The molecule has 18 heavy (non-hydrogen) atoms. The first-order valence-corrected chi connectivity index (χ1v) is 5.19. The highest BCUT2D eigenvalue weighted by Crippen LogP contribution is 2.20. The monoisotopic (exact) mass is 257 g/mol. The molecule has 0 atom stereocenters. The first-order valence-electron chi connectivity index (χ1n) is 5.19. The van der Waals surface area contributed by atoms with Crippen molar-refractivity contribution >= 4 is 17.5 Å². The van der Waals surface area contributed by atoms with Gasteiger partial charge >= 0.3 is 0 Å². The molecule has 2 amide bonds. The number of likely N-dealkylation sites (N-methyl/N-ethyl adjacent to an activating group) is 1. The Morgan fingerprint density at radius 2 is 1.94 bits per heavy atom. The number of halogens is 2. The Kier molecular flexibility index (Phi) is 4.19. The number of carbonyl (C=O) groups is 2. The molecule has 4 N–H and O–H groups in total. The van der Waals surface area contributed by atoms with Gasteiger partial charge in [-0.1, -0.05) is 0 Å². The van der Waals surface area contributed by atoms with E-state index in [1.165, 1.54) is 0 Å². The predicted molar refractivity (Wildman–Crippen MR) is 61.5 cm³/mol. The fourth-order valence-electron chi connectivity index (χ4n) is 1.44. The van der Waals surface area contributed by atoms with Crippen molar-refractivity contribution in [3.05, 3.63) is 29.3 Å². The van der Waals surface area contributed by atoms with Crippen LogP contribution in [0.25, 0.3) is 0 Å². The van der Waals surface area contributed by atoms with Gasteiger partial charge < -0.3 is 16.4 Å². The number of hydrogen-bond acceptors (Lipinski definition) is 3. The smallest absolute Gasteiger partial charge is 0.260 e. The number of nitrogen functional groups attached to an aromatic ring is 1. The van der Waals surface area contributed by atoms with Crippen molar-refractivity contribution in [2.45, 2.75) is 6.92 Å². The van der Waals surface area contributed by atoms with Gasteiger partial charge in [-0.3, -0.25) is 9.59 Å². The maximum absolute atomic E-state index is 13.6. The summed E-state index contributed by atoms with van der Waals surface area (Å²) in [6.45, 7) is 1.24. The molecule has 0 aliphatic rings. The molecule has 1 aromatic carbocycles. The van der Waals surface area contributed by atoms with E-state index in [0.717, 1.165) is 17.0 Å². The van der Waals surface area contributed by atoms with Gasteiger partial charge in [0.15, 0.2) is 5.82 Å². The lowest BCUT2D eigenvalue weighted by atomic mass is 10.1. The molecule has 1 aromatic rings. The fourth-order valence-corrected chi connectivity index (χ4v) is 1.44. The lowest BCUT2D eigenvalue weighted by Gasteiger charge is -2.19. The first kappa shape index (κ1) is 13.9. The summed E-state index contributed by atoms with van der Waals surface area (Å²) in [7, 11) is 0. The van der Waals surface area contributed by atoms with Crippen LogP contribution in [0.3, 0.4) is 0 Å². The van der Waals surface area contributed by atoms with Crippen LogP contribution in [0.1, 0.15) is 17.3 Å². The Balaban J connectivity index is 3.17. The standard InChI is InChI=1S/C11H13F2N3O2/c1-2-16(5-8(15)17)11(18)9-6(12)3-4-7(14)10(9)13/h3-4H,2,5,14H2,1H3,(H2,15,17). The highest BCUT2D eigenvalue weighted by molar-refractivity contribution is 5.97. The number of anilines is 1. The molecule has 0 spiro atoms. The zero-order valence-corrected chi connectivity index (χ0v) is 9.74. The molecule has 0 radical (unpaired) electrons. The highest BCUT2D eigenvalue weighted by atomic mass is 19.1. The molecule has 0 aliphatic carbocycles. The Hall–Kier alpha value is -2.18. The molecule has 0 aromatic heterocycles. The third kappa shape index (κ3) is 2.73. The zero-order chi connectivity index (χ0) is 13.9. The molecule has 5 nitrogen and oxygen atoms in total. The minimum atomic E-state index is -1.14. The van der Waals surface area contributed by atoms with Crippen molar-refractivity contribution in [1.29, 1.82) is 0 Å². The maximum Gasteiger partial charge on any atom is 0.260 e. The number of rotatable bonds is 4. The van der Waals surface area contributed by atoms with Crippen LogP contribution in [0, 0.1) is 11.6 Å². The third-order valence-corrected chi connectivity index (χ3v) is 2.35. The largest absolute Gasteiger partial charge is 0.396 e. The molecule has 7 heteroatoms. The van der Waals surface area contributed by atoms with Crippen molar-refractivity contribution in [2.75, 3.05) is 18.8 Å². The van der Waals surface area contributed by atoms with Crippen LogP contribution in [0.15, 0.2) is 12.1 Å². The normalized spacial score (nSPS) is 10.2. The second kappa shape index (κ2) is 5.44. The van der Waals surface area contributed by atoms with Crippen LogP contribution < -0.4 is 11.5 Å². The van der Waals surface area contributed by atoms with Crippen molar-refractivity contribution in [2.24, 2.45) is 5.73 Å². The number of amides is 2. The molecule has 98 valence electrons. The van der Waals surface area contributed by atoms with Crippen LogP contribution >= 0.6 is 0 Å². The number of carbonyl (C=O) groups excluding carboxylic acids is 2. The van der Waals surface area contributed by atoms with Crippen LogP contribution in [0.5, 0.6) is 0 Å². The molecule has 0 heterocycles. The minimum absolute atomic E-state index is 0.0927. The Labute approximate surface area is 102 Å². The molecular formula is C11H13F2N3O2. The van der Waals surface area contributed by atoms with Gasteiger partial charge in [0.25, 0.3) is 5.91 Å². The molecule has 0 saturated heterocycles. The van der Waals surface area contributed by atoms with Gasteiger partial charge in [0.1, 0.15) is 11.4 Å². The van der Waals surface area contributed by atoms with E-state index in [0.29, 0.717) is 0 Å². The minimum Gasteiger partial charge on any atom is -0.396 e. The summed E-state index contributed by atoms with van der Waals surface area (Å²) < 4.78 is 27.1. The number of nitrogens with two attached hydrogens (primary N) is 2. The van der Waals surface area contributed by atoms with Crippen molar-refractivity contribution < 1.29 is 18.4 Å². The van der Waals surface area contributed by atoms with E-state index >= 15 is 0 Å². The van der Waals surface area contributed by atoms with E-state index in [-0.39, 0.29) is 12.2 Å². The van der Waals surface area contributed by atoms with E-state index in [1.807, 2.05) is 0 Å². The summed E-state index contributed by atoms with van der Waals surface area (Å²) in [4.78, 5) is 23.6. The average Bonchev–Trinajstić information content (AvgIpc) is 2.31. The molecule has 0 unspecified atom stereocenters. The Morgan fingerprint density at radius 3 is 2.44 bits per heavy atom. The van der Waals surface area contributed by atoms with Gasteiger partial charge in [-0.05, 0) is 19.1 Å². The van der Waals surface area contributed by atoms with Crippen LogP contribution in [-0.4, -0.2) is 29.8 Å². The average molecular weight is 257 g/mol. The van der Waals surface area contributed by atoms with Gasteiger partial charge in [0.05, 0.1) is 12.2 Å². The van der Waals surface area contributed by atoms with Gasteiger partial charge in [0.2, 0.25) is 5.91 Å². The highest BCUT2D eigenvalue weighted by Gasteiger charge is 2.24. The Bertz CT molecular complexity index is 491. The SMILES string of the molecule is CCN(CC(N)=O)C(=O)c1c(F)ccc(N)c1F. The van der Waals surface area contributed by atoms with Crippen molar-refractivity contribution in [3.8, 4) is 0 Å². The molecular weight excluding hydrogens is 244 g/mol. The van der Waals surface area contributed by atoms with Crippen molar-refractivity contribution in [1.82, 2.24) is 4.90 Å². The van der Waals surface area contributed by atoms with Gasteiger partial charge in [-0.2, -0.15) is 0 Å². The van der Waals surface area contributed by atoms with E-state index in [1.54, 1.807) is 6.92 Å². The summed E-state index contributed by atoms with van der Waals surface area (Å²) in [6.07, 6.45) is 0. The molecule has 0 saturated carbocycles. The molecule has 0 aliphatic heterocycles. The summed E-state index contributed by atoms with van der Waals surface area (Å²) >= 11 is 0. The molecule has 0 fully saturated rings. The first-order chi connectivity index (χ1) is 8.38. The van der Waals surface area contributed by atoms with E-state index in [2.05, 4.69) is 0 Å².